The van der Waals surface area contributed by atoms with Gasteiger partial charge in [0, 0.05) is 17.3 Å². The second kappa shape index (κ2) is 6.52. The molecule has 0 bridgehead atoms. The fourth-order valence-corrected chi connectivity index (χ4v) is 2.05. The highest BCUT2D eigenvalue weighted by molar-refractivity contribution is 5.49. The Labute approximate surface area is 121 Å². The topological polar surface area (TPSA) is 21.3 Å². The van der Waals surface area contributed by atoms with E-state index >= 15 is 0 Å². The Bertz CT molecular complexity index is 631. The Morgan fingerprint density at radius 3 is 2.52 bits per heavy atom. The average molecular weight is 295 g/mol. The fraction of sp³-hybridized carbons (Fsp3) is 0.250. The number of benzene rings is 2. The molecule has 21 heavy (non-hydrogen) atoms. The minimum absolute atomic E-state index is 0.160. The van der Waals surface area contributed by atoms with Crippen molar-refractivity contribution in [3.8, 4) is 5.75 Å². The molecule has 0 aliphatic heterocycles. The van der Waals surface area contributed by atoms with Gasteiger partial charge in [-0.05, 0) is 32.0 Å². The van der Waals surface area contributed by atoms with Crippen LogP contribution in [0.15, 0.2) is 36.4 Å². The van der Waals surface area contributed by atoms with Gasteiger partial charge in [0.2, 0.25) is 0 Å². The monoisotopic (exact) mass is 295 g/mol. The zero-order chi connectivity index (χ0) is 15.4. The number of ether oxygens (including phenoxy) is 1. The number of rotatable bonds is 5. The molecule has 1 atom stereocenters. The van der Waals surface area contributed by atoms with E-state index in [0.717, 1.165) is 6.07 Å². The number of nitrogens with one attached hydrogen (secondary N) is 1. The van der Waals surface area contributed by atoms with Crippen molar-refractivity contribution in [1.29, 1.82) is 0 Å². The lowest BCUT2D eigenvalue weighted by atomic mass is 10.1. The lowest BCUT2D eigenvalue weighted by Crippen LogP contribution is -2.10. The number of hydrogen-bond acceptors (Lipinski definition) is 2. The summed E-state index contributed by atoms with van der Waals surface area (Å²) in [6, 6.07) is 7.86. The molecule has 1 unspecified atom stereocenters. The average Bonchev–Trinajstić information content (AvgIpc) is 2.45. The van der Waals surface area contributed by atoms with E-state index in [1.54, 1.807) is 19.9 Å². The van der Waals surface area contributed by atoms with Crippen molar-refractivity contribution in [2.24, 2.45) is 0 Å². The summed E-state index contributed by atoms with van der Waals surface area (Å²) in [5.74, 6) is -2.15. The lowest BCUT2D eigenvalue weighted by Gasteiger charge is -2.17. The molecule has 0 spiro atoms. The van der Waals surface area contributed by atoms with Crippen molar-refractivity contribution in [2.75, 3.05) is 11.9 Å². The quantitative estimate of drug-likeness (QED) is 0.865. The molecule has 0 aliphatic carbocycles. The molecular weight excluding hydrogens is 279 g/mol. The molecule has 112 valence electrons. The van der Waals surface area contributed by atoms with Crippen LogP contribution in [0.5, 0.6) is 5.75 Å². The third kappa shape index (κ3) is 3.48. The van der Waals surface area contributed by atoms with Gasteiger partial charge in [-0.25, -0.2) is 13.2 Å². The van der Waals surface area contributed by atoms with Gasteiger partial charge in [-0.3, -0.25) is 0 Å². The summed E-state index contributed by atoms with van der Waals surface area (Å²) >= 11 is 0. The minimum Gasteiger partial charge on any atom is -0.491 e. The Morgan fingerprint density at radius 2 is 1.86 bits per heavy atom. The van der Waals surface area contributed by atoms with Crippen LogP contribution in [0.25, 0.3) is 0 Å². The van der Waals surface area contributed by atoms with E-state index in [4.69, 9.17) is 4.74 Å². The van der Waals surface area contributed by atoms with Crippen molar-refractivity contribution < 1.29 is 17.9 Å². The number of halogens is 3. The second-order valence-electron chi connectivity index (χ2n) is 4.59. The van der Waals surface area contributed by atoms with E-state index in [1.165, 1.54) is 24.3 Å². The molecule has 0 amide bonds. The van der Waals surface area contributed by atoms with Crippen LogP contribution in [-0.4, -0.2) is 6.61 Å². The number of anilines is 1. The van der Waals surface area contributed by atoms with E-state index in [9.17, 15) is 13.2 Å². The Hall–Kier alpha value is -2.17. The fourth-order valence-electron chi connectivity index (χ4n) is 2.05. The van der Waals surface area contributed by atoms with E-state index in [2.05, 4.69) is 5.32 Å². The molecule has 2 aromatic carbocycles. The second-order valence-corrected chi connectivity index (χ2v) is 4.59. The molecule has 0 aliphatic rings. The van der Waals surface area contributed by atoms with Crippen LogP contribution in [0.4, 0.5) is 18.9 Å². The summed E-state index contributed by atoms with van der Waals surface area (Å²) in [6.07, 6.45) is 0. The first kappa shape index (κ1) is 15.2. The number of hydrogen-bond donors (Lipinski definition) is 1. The van der Waals surface area contributed by atoms with Crippen LogP contribution in [0.2, 0.25) is 0 Å². The van der Waals surface area contributed by atoms with Gasteiger partial charge in [-0.15, -0.1) is 0 Å². The molecule has 0 aromatic heterocycles. The normalized spacial score (nSPS) is 12.0. The van der Waals surface area contributed by atoms with Gasteiger partial charge < -0.3 is 10.1 Å². The van der Waals surface area contributed by atoms with E-state index in [-0.39, 0.29) is 11.3 Å². The largest absolute Gasteiger partial charge is 0.491 e. The Balaban J connectivity index is 2.18. The third-order valence-electron chi connectivity index (χ3n) is 3.06. The van der Waals surface area contributed by atoms with Gasteiger partial charge in [-0.2, -0.15) is 0 Å². The summed E-state index contributed by atoms with van der Waals surface area (Å²) in [6.45, 7) is 3.81. The van der Waals surface area contributed by atoms with E-state index < -0.39 is 23.5 Å². The van der Waals surface area contributed by atoms with Gasteiger partial charge >= 0.3 is 0 Å². The molecule has 2 nitrogen and oxygen atoms in total. The van der Waals surface area contributed by atoms with Crippen LogP contribution in [0.1, 0.15) is 25.5 Å². The molecular formula is C16H16F3NO. The van der Waals surface area contributed by atoms with Gasteiger partial charge in [0.15, 0.2) is 23.2 Å². The van der Waals surface area contributed by atoms with Gasteiger partial charge in [0.1, 0.15) is 0 Å². The Morgan fingerprint density at radius 1 is 1.10 bits per heavy atom. The van der Waals surface area contributed by atoms with Crippen LogP contribution in [0, 0.1) is 17.5 Å². The SMILES string of the molecule is CCOc1ccc(NC(C)c2cccc(F)c2F)cc1F. The van der Waals surface area contributed by atoms with Crippen molar-refractivity contribution in [1.82, 2.24) is 0 Å². The van der Waals surface area contributed by atoms with E-state index in [1.807, 2.05) is 0 Å². The lowest BCUT2D eigenvalue weighted by molar-refractivity contribution is 0.321. The highest BCUT2D eigenvalue weighted by Gasteiger charge is 2.14. The zero-order valence-electron chi connectivity index (χ0n) is 11.8. The highest BCUT2D eigenvalue weighted by atomic mass is 19.2. The molecule has 2 aromatic rings. The third-order valence-corrected chi connectivity index (χ3v) is 3.06. The van der Waals surface area contributed by atoms with Crippen LogP contribution in [-0.2, 0) is 0 Å². The minimum atomic E-state index is -0.904. The Kier molecular flexibility index (Phi) is 4.73. The van der Waals surface area contributed by atoms with Crippen LogP contribution < -0.4 is 10.1 Å². The standard InChI is InChI=1S/C16H16F3NO/c1-3-21-15-8-7-11(9-14(15)18)20-10(2)12-5-4-6-13(17)16(12)19/h4-10,20H,3H2,1-2H3. The van der Waals surface area contributed by atoms with Crippen molar-refractivity contribution >= 4 is 5.69 Å². The van der Waals surface area contributed by atoms with Crippen LogP contribution >= 0.6 is 0 Å². The summed E-state index contributed by atoms with van der Waals surface area (Å²) in [4.78, 5) is 0. The first-order valence-corrected chi connectivity index (χ1v) is 6.65. The summed E-state index contributed by atoms with van der Waals surface area (Å²) < 4.78 is 45.7. The van der Waals surface area contributed by atoms with Gasteiger partial charge in [0.25, 0.3) is 0 Å². The molecule has 2 rings (SSSR count). The van der Waals surface area contributed by atoms with Crippen LogP contribution in [0.3, 0.4) is 0 Å². The molecule has 0 saturated carbocycles. The predicted octanol–water partition coefficient (Wildman–Crippen LogP) is 4.68. The van der Waals surface area contributed by atoms with Crippen molar-refractivity contribution in [2.45, 2.75) is 19.9 Å². The summed E-state index contributed by atoms with van der Waals surface area (Å²) in [7, 11) is 0. The van der Waals surface area contributed by atoms with Gasteiger partial charge in [0.05, 0.1) is 12.6 Å². The van der Waals surface area contributed by atoms with Crippen molar-refractivity contribution in [3.05, 3.63) is 59.4 Å². The smallest absolute Gasteiger partial charge is 0.167 e. The molecule has 5 heteroatoms. The highest BCUT2D eigenvalue weighted by Crippen LogP contribution is 2.26. The maximum atomic E-state index is 13.7. The maximum absolute atomic E-state index is 13.7. The molecule has 0 fully saturated rings. The van der Waals surface area contributed by atoms with E-state index in [0.29, 0.717) is 12.3 Å². The molecule has 0 heterocycles. The summed E-state index contributed by atoms with van der Waals surface area (Å²) in [5.41, 5.74) is 0.649. The van der Waals surface area contributed by atoms with Crippen molar-refractivity contribution in [3.63, 3.8) is 0 Å². The predicted molar refractivity (Wildman–Crippen MR) is 76.0 cm³/mol. The maximum Gasteiger partial charge on any atom is 0.167 e. The molecule has 0 radical (unpaired) electrons. The molecule has 0 saturated heterocycles. The first-order chi connectivity index (χ1) is 10.0. The van der Waals surface area contributed by atoms with Gasteiger partial charge in [-0.1, -0.05) is 12.1 Å². The first-order valence-electron chi connectivity index (χ1n) is 6.65. The molecule has 1 N–H and O–H groups in total. The summed E-state index contributed by atoms with van der Waals surface area (Å²) in [5, 5.41) is 2.93. The zero-order valence-corrected chi connectivity index (χ0v) is 11.8.